The Bertz CT molecular complexity index is 840. The number of hydrogen-bond donors (Lipinski definition) is 2. The SMILES string of the molecule is Nc1c(Cl)c(Cl)[nH+]c(C(=O)N/N=C\c2ccc([N+](=O)[O-])cc2)c1Cl. The number of non-ortho nitro benzene ring substituents is 1. The van der Waals surface area contributed by atoms with E-state index >= 15 is 0 Å². The predicted molar refractivity (Wildman–Crippen MR) is 90.6 cm³/mol. The number of aromatic amines is 1. The summed E-state index contributed by atoms with van der Waals surface area (Å²) in [5.74, 6) is -0.691. The van der Waals surface area contributed by atoms with Gasteiger partial charge in [-0.05, 0) is 29.3 Å². The lowest BCUT2D eigenvalue weighted by atomic mass is 10.2. The van der Waals surface area contributed by atoms with Crippen molar-refractivity contribution in [3.8, 4) is 0 Å². The van der Waals surface area contributed by atoms with Crippen LogP contribution in [0.15, 0.2) is 29.4 Å². The maximum Gasteiger partial charge on any atom is 0.337 e. The number of H-pyrrole nitrogens is 1. The van der Waals surface area contributed by atoms with Crippen LogP contribution in [0.1, 0.15) is 16.1 Å². The number of anilines is 1. The molecule has 0 aliphatic rings. The van der Waals surface area contributed by atoms with Crippen LogP contribution in [0.3, 0.4) is 0 Å². The Kier molecular flexibility index (Phi) is 5.55. The number of amides is 1. The van der Waals surface area contributed by atoms with Crippen molar-refractivity contribution in [3.05, 3.63) is 60.8 Å². The Morgan fingerprint density at radius 2 is 1.88 bits per heavy atom. The largest absolute Gasteiger partial charge is 0.396 e. The van der Waals surface area contributed by atoms with E-state index in [2.05, 4.69) is 15.5 Å². The van der Waals surface area contributed by atoms with Gasteiger partial charge in [-0.25, -0.2) is 5.43 Å². The number of nitrogens with two attached hydrogens (primary N) is 1. The van der Waals surface area contributed by atoms with Crippen LogP contribution >= 0.6 is 34.8 Å². The van der Waals surface area contributed by atoms with E-state index in [9.17, 15) is 14.9 Å². The van der Waals surface area contributed by atoms with Crippen LogP contribution in [0.25, 0.3) is 0 Å². The number of carbonyl (C=O) groups excluding carboxylic acids is 1. The third-order valence-electron chi connectivity index (χ3n) is 2.83. The number of rotatable bonds is 4. The summed E-state index contributed by atoms with van der Waals surface area (Å²) in [5.41, 5.74) is 8.21. The summed E-state index contributed by atoms with van der Waals surface area (Å²) in [6.45, 7) is 0. The standard InChI is InChI=1S/C13H8Cl3N5O3/c14-8-10(17)9(15)12(16)19-11(8)13(22)20-18-5-6-1-3-7(4-2-6)21(23)24/h1-5H,(H2,17,19)(H,20,22)/p+1/b18-5-. The summed E-state index contributed by atoms with van der Waals surface area (Å²) in [4.78, 5) is 24.6. The van der Waals surface area contributed by atoms with Gasteiger partial charge in [0.1, 0.15) is 10.0 Å². The first-order valence-corrected chi connectivity index (χ1v) is 7.37. The van der Waals surface area contributed by atoms with E-state index < -0.39 is 10.8 Å². The lowest BCUT2D eigenvalue weighted by Crippen LogP contribution is -2.28. The molecule has 0 spiro atoms. The van der Waals surface area contributed by atoms with Gasteiger partial charge in [0.15, 0.2) is 0 Å². The number of aromatic nitrogens is 1. The molecule has 1 heterocycles. The first-order chi connectivity index (χ1) is 11.3. The fourth-order valence-corrected chi connectivity index (χ4v) is 2.24. The van der Waals surface area contributed by atoms with E-state index in [0.717, 1.165) is 0 Å². The normalized spacial score (nSPS) is 10.8. The summed E-state index contributed by atoms with van der Waals surface area (Å²) in [7, 11) is 0. The molecule has 0 aliphatic carbocycles. The van der Waals surface area contributed by atoms with E-state index in [1.807, 2.05) is 0 Å². The minimum absolute atomic E-state index is 0.00704. The molecule has 0 atom stereocenters. The maximum absolute atomic E-state index is 12.0. The van der Waals surface area contributed by atoms with Crippen molar-refractivity contribution >= 4 is 58.3 Å². The number of nitrogens with zero attached hydrogens (tertiary/aromatic N) is 2. The van der Waals surface area contributed by atoms with Crippen LogP contribution in [-0.2, 0) is 0 Å². The Morgan fingerprint density at radius 1 is 1.25 bits per heavy atom. The van der Waals surface area contributed by atoms with Crippen LogP contribution < -0.4 is 16.1 Å². The minimum atomic E-state index is -0.691. The lowest BCUT2D eigenvalue weighted by molar-refractivity contribution is -0.384. The number of hydrazone groups is 1. The highest BCUT2D eigenvalue weighted by molar-refractivity contribution is 6.45. The maximum atomic E-state index is 12.0. The van der Waals surface area contributed by atoms with Crippen molar-refractivity contribution in [1.29, 1.82) is 0 Å². The molecule has 0 unspecified atom stereocenters. The molecule has 1 amide bonds. The van der Waals surface area contributed by atoms with Gasteiger partial charge in [-0.1, -0.05) is 23.2 Å². The number of nitrogens with one attached hydrogen (secondary N) is 2. The molecule has 1 aromatic carbocycles. The zero-order chi connectivity index (χ0) is 17.9. The molecule has 4 N–H and O–H groups in total. The average Bonchev–Trinajstić information content (AvgIpc) is 2.56. The molecule has 8 nitrogen and oxygen atoms in total. The quantitative estimate of drug-likeness (QED) is 0.361. The number of pyridine rings is 1. The fraction of sp³-hybridized carbons (Fsp3) is 0. The lowest BCUT2D eigenvalue weighted by Gasteiger charge is -2.02. The number of halogens is 3. The van der Waals surface area contributed by atoms with E-state index in [1.165, 1.54) is 30.5 Å². The highest BCUT2D eigenvalue weighted by atomic mass is 35.5. The van der Waals surface area contributed by atoms with Crippen LogP contribution in [0, 0.1) is 10.1 Å². The summed E-state index contributed by atoms with van der Waals surface area (Å²) in [6, 6.07) is 5.58. The monoisotopic (exact) mass is 388 g/mol. The third-order valence-corrected chi connectivity index (χ3v) is 4.00. The molecule has 0 radical (unpaired) electrons. The molecular formula is C13H9Cl3N5O3+. The van der Waals surface area contributed by atoms with E-state index in [1.54, 1.807) is 0 Å². The Balaban J connectivity index is 2.12. The summed E-state index contributed by atoms with van der Waals surface area (Å²) in [6.07, 6.45) is 1.30. The molecule has 2 rings (SSSR count). The average molecular weight is 390 g/mol. The molecule has 0 fully saturated rings. The van der Waals surface area contributed by atoms with Gasteiger partial charge in [0, 0.05) is 12.1 Å². The molecule has 0 saturated heterocycles. The molecule has 24 heavy (non-hydrogen) atoms. The van der Waals surface area contributed by atoms with Crippen LogP contribution in [0.2, 0.25) is 15.2 Å². The van der Waals surface area contributed by atoms with Gasteiger partial charge in [0.05, 0.1) is 16.8 Å². The zero-order valence-electron chi connectivity index (χ0n) is 11.7. The Morgan fingerprint density at radius 3 is 2.46 bits per heavy atom. The summed E-state index contributed by atoms with van der Waals surface area (Å²) in [5, 5.41) is 14.2. The van der Waals surface area contributed by atoms with Crippen LogP contribution in [0.4, 0.5) is 11.4 Å². The molecule has 0 saturated carbocycles. The molecule has 0 bridgehead atoms. The van der Waals surface area contributed by atoms with Gasteiger partial charge in [-0.2, -0.15) is 10.1 Å². The summed E-state index contributed by atoms with van der Waals surface area (Å²) < 4.78 is 0. The first-order valence-electron chi connectivity index (χ1n) is 6.24. The van der Waals surface area contributed by atoms with Gasteiger partial charge in [-0.15, -0.1) is 0 Å². The number of nitrogen functional groups attached to an aromatic ring is 1. The van der Waals surface area contributed by atoms with Crippen molar-refractivity contribution in [2.75, 3.05) is 5.73 Å². The number of nitro benzene ring substituents is 1. The molecule has 124 valence electrons. The van der Waals surface area contributed by atoms with Gasteiger partial charge in [0.2, 0.25) is 0 Å². The van der Waals surface area contributed by atoms with Crippen molar-refractivity contribution in [2.45, 2.75) is 0 Å². The molecular weight excluding hydrogens is 381 g/mol. The number of hydrogen-bond acceptors (Lipinski definition) is 5. The number of nitro groups is 1. The smallest absolute Gasteiger partial charge is 0.337 e. The number of benzene rings is 1. The minimum Gasteiger partial charge on any atom is -0.396 e. The van der Waals surface area contributed by atoms with Gasteiger partial charge >= 0.3 is 5.91 Å². The second kappa shape index (κ2) is 7.43. The predicted octanol–water partition coefficient (Wildman–Crippen LogP) is 2.72. The van der Waals surface area contributed by atoms with Crippen LogP contribution in [-0.4, -0.2) is 17.0 Å². The molecule has 0 aliphatic heterocycles. The van der Waals surface area contributed by atoms with Crippen molar-refractivity contribution < 1.29 is 14.7 Å². The van der Waals surface area contributed by atoms with E-state index in [4.69, 9.17) is 40.5 Å². The zero-order valence-corrected chi connectivity index (χ0v) is 14.0. The Labute approximate surface area is 150 Å². The van der Waals surface area contributed by atoms with Gasteiger partial charge in [-0.3, -0.25) is 14.9 Å². The third kappa shape index (κ3) is 3.91. The Hall–Kier alpha value is -2.42. The van der Waals surface area contributed by atoms with Gasteiger partial charge in [0.25, 0.3) is 16.5 Å². The molecule has 2 aromatic rings. The van der Waals surface area contributed by atoms with E-state index in [0.29, 0.717) is 5.56 Å². The molecule has 11 heteroatoms. The second-order valence-electron chi connectivity index (χ2n) is 4.40. The first kappa shape index (κ1) is 17.9. The highest BCUT2D eigenvalue weighted by Gasteiger charge is 2.25. The number of carbonyl (C=O) groups is 1. The topological polar surface area (TPSA) is 125 Å². The van der Waals surface area contributed by atoms with Crippen molar-refractivity contribution in [1.82, 2.24) is 5.43 Å². The van der Waals surface area contributed by atoms with Crippen LogP contribution in [0.5, 0.6) is 0 Å². The van der Waals surface area contributed by atoms with E-state index in [-0.39, 0.29) is 32.3 Å². The molecule has 1 aromatic heterocycles. The van der Waals surface area contributed by atoms with Crippen molar-refractivity contribution in [2.24, 2.45) is 5.10 Å². The highest BCUT2D eigenvalue weighted by Crippen LogP contribution is 2.31. The second-order valence-corrected chi connectivity index (χ2v) is 5.54. The summed E-state index contributed by atoms with van der Waals surface area (Å²) >= 11 is 17.5. The fourth-order valence-electron chi connectivity index (χ4n) is 1.63. The van der Waals surface area contributed by atoms with Crippen molar-refractivity contribution in [3.63, 3.8) is 0 Å². The van der Waals surface area contributed by atoms with Gasteiger partial charge < -0.3 is 5.73 Å².